The fourth-order valence-corrected chi connectivity index (χ4v) is 3.98. The number of rotatable bonds is 5. The van der Waals surface area contributed by atoms with E-state index in [0.717, 1.165) is 22.4 Å². The van der Waals surface area contributed by atoms with Crippen molar-refractivity contribution in [2.24, 2.45) is 0 Å². The number of hydrogen-bond donors (Lipinski definition) is 1. The lowest BCUT2D eigenvalue weighted by Gasteiger charge is -2.36. The predicted molar refractivity (Wildman–Crippen MR) is 135 cm³/mol. The minimum Gasteiger partial charge on any atom is -0.444 e. The lowest BCUT2D eigenvalue weighted by Crippen LogP contribution is -2.50. The first-order valence-corrected chi connectivity index (χ1v) is 11.7. The Morgan fingerprint density at radius 2 is 1.63 bits per heavy atom. The maximum atomic E-state index is 12.9. The molecule has 8 nitrogen and oxygen atoms in total. The average molecular weight is 475 g/mol. The molecule has 0 aliphatic carbocycles. The highest BCUT2D eigenvalue weighted by atomic mass is 16.6. The normalized spacial score (nSPS) is 14.0. The number of ether oxygens (including phenoxy) is 1. The zero-order valence-corrected chi connectivity index (χ0v) is 20.3. The molecular formula is C27H30N4O4. The topological polar surface area (TPSA) is 95.6 Å². The van der Waals surface area contributed by atoms with Crippen LogP contribution >= 0.6 is 0 Å². The van der Waals surface area contributed by atoms with E-state index in [-0.39, 0.29) is 23.9 Å². The fraction of sp³-hybridized carbons (Fsp3) is 0.333. The summed E-state index contributed by atoms with van der Waals surface area (Å²) in [6.07, 6.45) is 4.79. The summed E-state index contributed by atoms with van der Waals surface area (Å²) in [7, 11) is 0. The lowest BCUT2D eigenvalue weighted by atomic mass is 10.0. The molecular weight excluding hydrogens is 444 g/mol. The van der Waals surface area contributed by atoms with E-state index in [1.807, 2.05) is 57.2 Å². The average Bonchev–Trinajstić information content (AvgIpc) is 2.84. The Morgan fingerprint density at radius 3 is 2.26 bits per heavy atom. The molecule has 0 atom stereocenters. The van der Waals surface area contributed by atoms with Gasteiger partial charge in [-0.05, 0) is 67.8 Å². The largest absolute Gasteiger partial charge is 0.444 e. The van der Waals surface area contributed by atoms with Crippen LogP contribution < -0.4 is 10.5 Å². The molecule has 2 aromatic heterocycles. The number of aromatic nitrogens is 2. The van der Waals surface area contributed by atoms with Gasteiger partial charge in [0.05, 0.1) is 5.56 Å². The Labute approximate surface area is 204 Å². The van der Waals surface area contributed by atoms with Gasteiger partial charge in [0.25, 0.3) is 5.56 Å². The highest BCUT2D eigenvalue weighted by Gasteiger charge is 2.26. The van der Waals surface area contributed by atoms with Gasteiger partial charge < -0.3 is 19.5 Å². The molecule has 1 fully saturated rings. The number of aromatic amines is 1. The van der Waals surface area contributed by atoms with Gasteiger partial charge in [-0.2, -0.15) is 0 Å². The Morgan fingerprint density at radius 1 is 0.971 bits per heavy atom. The second kappa shape index (κ2) is 10.1. The van der Waals surface area contributed by atoms with Gasteiger partial charge in [-0.25, -0.2) is 4.79 Å². The molecule has 0 unspecified atom stereocenters. The molecule has 1 amide bonds. The molecule has 1 aliphatic heterocycles. The molecule has 1 aliphatic rings. The first kappa shape index (κ1) is 24.2. The minimum absolute atomic E-state index is 0.135. The molecule has 182 valence electrons. The molecule has 0 saturated carbocycles. The van der Waals surface area contributed by atoms with Crippen LogP contribution in [0.4, 0.5) is 10.5 Å². The number of H-pyrrole nitrogens is 1. The number of pyridine rings is 2. The van der Waals surface area contributed by atoms with Gasteiger partial charge in [-0.1, -0.05) is 12.1 Å². The summed E-state index contributed by atoms with van der Waals surface area (Å²) in [6, 6.07) is 13.1. The van der Waals surface area contributed by atoms with Crippen LogP contribution in [0.15, 0.2) is 65.8 Å². The number of nitrogens with zero attached hydrogens (tertiary/aromatic N) is 3. The van der Waals surface area contributed by atoms with E-state index in [9.17, 15) is 14.4 Å². The number of piperazine rings is 1. The molecule has 1 aromatic carbocycles. The van der Waals surface area contributed by atoms with Crippen LogP contribution in [-0.2, 0) is 11.2 Å². The summed E-state index contributed by atoms with van der Waals surface area (Å²) in [5, 5.41) is 0. The predicted octanol–water partition coefficient (Wildman–Crippen LogP) is 3.92. The van der Waals surface area contributed by atoms with Crippen molar-refractivity contribution in [2.75, 3.05) is 31.1 Å². The van der Waals surface area contributed by atoms with Gasteiger partial charge in [0.15, 0.2) is 5.78 Å². The smallest absolute Gasteiger partial charge is 0.410 e. The summed E-state index contributed by atoms with van der Waals surface area (Å²) in [6.45, 7) is 8.17. The fourth-order valence-electron chi connectivity index (χ4n) is 3.98. The number of anilines is 1. The first-order valence-electron chi connectivity index (χ1n) is 11.7. The van der Waals surface area contributed by atoms with Crippen LogP contribution in [0.3, 0.4) is 0 Å². The van der Waals surface area contributed by atoms with Crippen molar-refractivity contribution in [3.05, 3.63) is 82.5 Å². The van der Waals surface area contributed by atoms with Gasteiger partial charge in [0, 0.05) is 56.9 Å². The van der Waals surface area contributed by atoms with Crippen molar-refractivity contribution in [3.63, 3.8) is 0 Å². The first-order chi connectivity index (χ1) is 16.7. The molecule has 3 aromatic rings. The van der Waals surface area contributed by atoms with Crippen molar-refractivity contribution >= 4 is 17.6 Å². The van der Waals surface area contributed by atoms with E-state index >= 15 is 0 Å². The van der Waals surface area contributed by atoms with Gasteiger partial charge >= 0.3 is 6.09 Å². The molecule has 3 heterocycles. The number of carbonyl (C=O) groups excluding carboxylic acids is 2. The summed E-state index contributed by atoms with van der Waals surface area (Å²) in [5.41, 5.74) is 2.74. The van der Waals surface area contributed by atoms with E-state index in [1.54, 1.807) is 29.6 Å². The second-order valence-electron chi connectivity index (χ2n) is 9.59. The number of amides is 1. The van der Waals surface area contributed by atoms with Crippen LogP contribution in [0, 0.1) is 0 Å². The van der Waals surface area contributed by atoms with Crippen molar-refractivity contribution in [1.29, 1.82) is 0 Å². The standard InChI is InChI=1S/C27H30N4O4/c1-27(2,3)35-26(34)31-14-12-30(13-15-31)22-6-4-19(5-7-22)16-24(32)23-17-21(18-29-25(23)33)20-8-10-28-11-9-20/h4-11,17-18H,12-16H2,1-3H3,(H,29,33). The number of hydrogen-bond acceptors (Lipinski definition) is 6. The van der Waals surface area contributed by atoms with E-state index in [2.05, 4.69) is 14.9 Å². The number of Topliss-reactive ketones (excluding diaryl/α,β-unsaturated/α-hetero) is 1. The zero-order chi connectivity index (χ0) is 25.0. The van der Waals surface area contributed by atoms with Crippen molar-refractivity contribution in [1.82, 2.24) is 14.9 Å². The Hall–Kier alpha value is -3.94. The maximum absolute atomic E-state index is 12.9. The highest BCUT2D eigenvalue weighted by molar-refractivity contribution is 5.98. The van der Waals surface area contributed by atoms with Gasteiger partial charge in [0.2, 0.25) is 0 Å². The van der Waals surface area contributed by atoms with Crippen molar-refractivity contribution in [2.45, 2.75) is 32.8 Å². The summed E-state index contributed by atoms with van der Waals surface area (Å²) >= 11 is 0. The maximum Gasteiger partial charge on any atom is 0.410 e. The lowest BCUT2D eigenvalue weighted by molar-refractivity contribution is 0.0240. The van der Waals surface area contributed by atoms with Crippen LogP contribution in [-0.4, -0.2) is 58.5 Å². The number of carbonyl (C=O) groups is 2. The molecule has 0 bridgehead atoms. The summed E-state index contributed by atoms with van der Waals surface area (Å²) in [5.74, 6) is -0.235. The third-order valence-electron chi connectivity index (χ3n) is 5.81. The molecule has 4 rings (SSSR count). The molecule has 1 saturated heterocycles. The third kappa shape index (κ3) is 6.15. The molecule has 1 N–H and O–H groups in total. The number of benzene rings is 1. The molecule has 0 spiro atoms. The summed E-state index contributed by atoms with van der Waals surface area (Å²) in [4.78, 5) is 48.1. The highest BCUT2D eigenvalue weighted by Crippen LogP contribution is 2.21. The van der Waals surface area contributed by atoms with Crippen LogP contribution in [0.5, 0.6) is 0 Å². The second-order valence-corrected chi connectivity index (χ2v) is 9.59. The van der Waals surface area contributed by atoms with Gasteiger partial charge in [0.1, 0.15) is 5.60 Å². The van der Waals surface area contributed by atoms with Crippen LogP contribution in [0.1, 0.15) is 36.7 Å². The SMILES string of the molecule is CC(C)(C)OC(=O)N1CCN(c2ccc(CC(=O)c3cc(-c4ccncc4)c[nH]c3=O)cc2)CC1. The zero-order valence-electron chi connectivity index (χ0n) is 20.3. The van der Waals surface area contributed by atoms with E-state index in [1.165, 1.54) is 0 Å². The minimum atomic E-state index is -0.507. The molecule has 35 heavy (non-hydrogen) atoms. The molecule has 0 radical (unpaired) electrons. The van der Waals surface area contributed by atoms with Crippen molar-refractivity contribution < 1.29 is 14.3 Å². The van der Waals surface area contributed by atoms with E-state index < -0.39 is 11.2 Å². The quantitative estimate of drug-likeness (QED) is 0.563. The number of nitrogens with one attached hydrogen (secondary N) is 1. The van der Waals surface area contributed by atoms with Gasteiger partial charge in [-0.15, -0.1) is 0 Å². The third-order valence-corrected chi connectivity index (χ3v) is 5.81. The van der Waals surface area contributed by atoms with Crippen LogP contribution in [0.25, 0.3) is 11.1 Å². The Bertz CT molecular complexity index is 1240. The monoisotopic (exact) mass is 474 g/mol. The van der Waals surface area contributed by atoms with E-state index in [0.29, 0.717) is 26.2 Å². The Balaban J connectivity index is 1.38. The van der Waals surface area contributed by atoms with Crippen molar-refractivity contribution in [3.8, 4) is 11.1 Å². The molecule has 8 heteroatoms. The van der Waals surface area contributed by atoms with Crippen LogP contribution in [0.2, 0.25) is 0 Å². The summed E-state index contributed by atoms with van der Waals surface area (Å²) < 4.78 is 5.46. The number of ketones is 1. The Kier molecular flexibility index (Phi) is 7.00. The van der Waals surface area contributed by atoms with E-state index in [4.69, 9.17) is 4.74 Å². The van der Waals surface area contributed by atoms with Gasteiger partial charge in [-0.3, -0.25) is 14.6 Å².